The van der Waals surface area contributed by atoms with Gasteiger partial charge in [-0.3, -0.25) is 0 Å². The zero-order valence-electron chi connectivity index (χ0n) is 7.59. The van der Waals surface area contributed by atoms with Gasteiger partial charge in [-0.15, -0.1) is 0 Å². The molecule has 2 heteroatoms. The van der Waals surface area contributed by atoms with E-state index in [0.29, 0.717) is 5.92 Å². The highest BCUT2D eigenvalue weighted by Gasteiger charge is 2.39. The van der Waals surface area contributed by atoms with Crippen molar-refractivity contribution in [3.05, 3.63) is 0 Å². The van der Waals surface area contributed by atoms with Gasteiger partial charge in [-0.05, 0) is 31.6 Å². The summed E-state index contributed by atoms with van der Waals surface area (Å²) in [5.74, 6) is 0.571. The van der Waals surface area contributed by atoms with Crippen molar-refractivity contribution >= 4 is 0 Å². The molecule has 2 aliphatic rings. The minimum atomic E-state index is -0.366. The Hall–Kier alpha value is -0.0800. The Morgan fingerprint density at radius 3 is 2.25 bits per heavy atom. The maximum atomic E-state index is 10.3. The molecule has 0 spiro atoms. The van der Waals surface area contributed by atoms with Gasteiger partial charge in [0.2, 0.25) is 0 Å². The van der Waals surface area contributed by atoms with Gasteiger partial charge in [0.25, 0.3) is 0 Å². The standard InChI is InChI=1S/C10H18O2/c11-10(5-7-12-8-6-10)9-3-1-2-4-9/h9,11H,1-8H2. The second-order valence-corrected chi connectivity index (χ2v) is 4.20. The lowest BCUT2D eigenvalue weighted by Crippen LogP contribution is -2.42. The van der Waals surface area contributed by atoms with Crippen LogP contribution in [0.4, 0.5) is 0 Å². The minimum Gasteiger partial charge on any atom is -0.389 e. The predicted octanol–water partition coefficient (Wildman–Crippen LogP) is 1.72. The Balaban J connectivity index is 1.97. The van der Waals surface area contributed by atoms with Crippen molar-refractivity contribution in [3.63, 3.8) is 0 Å². The Kier molecular flexibility index (Phi) is 2.37. The van der Waals surface area contributed by atoms with E-state index in [4.69, 9.17) is 4.74 Å². The van der Waals surface area contributed by atoms with E-state index in [1.807, 2.05) is 0 Å². The highest BCUT2D eigenvalue weighted by Crippen LogP contribution is 2.39. The monoisotopic (exact) mass is 170 g/mol. The fraction of sp³-hybridized carbons (Fsp3) is 1.00. The van der Waals surface area contributed by atoms with Crippen molar-refractivity contribution < 1.29 is 9.84 Å². The summed E-state index contributed by atoms with van der Waals surface area (Å²) in [5, 5.41) is 10.3. The van der Waals surface area contributed by atoms with Gasteiger partial charge in [-0.1, -0.05) is 12.8 Å². The van der Waals surface area contributed by atoms with Crippen LogP contribution in [0.1, 0.15) is 38.5 Å². The summed E-state index contributed by atoms with van der Waals surface area (Å²) < 4.78 is 5.26. The maximum absolute atomic E-state index is 10.3. The number of aliphatic hydroxyl groups is 1. The molecule has 70 valence electrons. The van der Waals surface area contributed by atoms with E-state index in [9.17, 15) is 5.11 Å². The quantitative estimate of drug-likeness (QED) is 0.649. The largest absolute Gasteiger partial charge is 0.389 e. The van der Waals surface area contributed by atoms with E-state index >= 15 is 0 Å². The molecule has 0 amide bonds. The number of hydrogen-bond donors (Lipinski definition) is 1. The molecule has 1 heterocycles. The Morgan fingerprint density at radius 2 is 1.67 bits per heavy atom. The zero-order chi connectivity index (χ0) is 8.44. The van der Waals surface area contributed by atoms with Crippen LogP contribution in [0.3, 0.4) is 0 Å². The van der Waals surface area contributed by atoms with Crippen LogP contribution in [0.2, 0.25) is 0 Å². The molecule has 0 aromatic heterocycles. The number of hydrogen-bond acceptors (Lipinski definition) is 2. The van der Waals surface area contributed by atoms with E-state index < -0.39 is 0 Å². The van der Waals surface area contributed by atoms with Crippen molar-refractivity contribution in [2.24, 2.45) is 5.92 Å². The van der Waals surface area contributed by atoms with Crippen LogP contribution in [0.15, 0.2) is 0 Å². The van der Waals surface area contributed by atoms with E-state index in [1.165, 1.54) is 25.7 Å². The lowest BCUT2D eigenvalue weighted by Gasteiger charge is -2.37. The van der Waals surface area contributed by atoms with Crippen LogP contribution >= 0.6 is 0 Å². The zero-order valence-corrected chi connectivity index (χ0v) is 7.59. The third kappa shape index (κ3) is 1.50. The summed E-state index contributed by atoms with van der Waals surface area (Å²) in [5.41, 5.74) is -0.366. The van der Waals surface area contributed by atoms with Gasteiger partial charge < -0.3 is 9.84 Å². The van der Waals surface area contributed by atoms with Crippen LogP contribution < -0.4 is 0 Å². The molecule has 12 heavy (non-hydrogen) atoms. The van der Waals surface area contributed by atoms with Gasteiger partial charge in [-0.2, -0.15) is 0 Å². The number of ether oxygens (including phenoxy) is 1. The van der Waals surface area contributed by atoms with Gasteiger partial charge in [0.05, 0.1) is 5.60 Å². The molecular formula is C10H18O2. The van der Waals surface area contributed by atoms with Crippen LogP contribution in [0.25, 0.3) is 0 Å². The molecule has 1 saturated carbocycles. The summed E-state index contributed by atoms with van der Waals surface area (Å²) in [4.78, 5) is 0. The van der Waals surface area contributed by atoms with Crippen LogP contribution in [-0.2, 0) is 4.74 Å². The lowest BCUT2D eigenvalue weighted by atomic mass is 9.80. The normalized spacial score (nSPS) is 30.8. The lowest BCUT2D eigenvalue weighted by molar-refractivity contribution is -0.0976. The summed E-state index contributed by atoms with van der Waals surface area (Å²) in [6.45, 7) is 1.51. The average Bonchev–Trinajstić information content (AvgIpc) is 2.58. The summed E-state index contributed by atoms with van der Waals surface area (Å²) in [6.07, 6.45) is 6.81. The third-order valence-electron chi connectivity index (χ3n) is 3.47. The average molecular weight is 170 g/mol. The van der Waals surface area contributed by atoms with E-state index in [1.54, 1.807) is 0 Å². The molecular weight excluding hydrogens is 152 g/mol. The fourth-order valence-corrected chi connectivity index (χ4v) is 2.60. The van der Waals surface area contributed by atoms with Gasteiger partial charge in [0.1, 0.15) is 0 Å². The van der Waals surface area contributed by atoms with Gasteiger partial charge in [-0.25, -0.2) is 0 Å². The second kappa shape index (κ2) is 3.35. The Labute approximate surface area is 73.9 Å². The molecule has 0 aromatic carbocycles. The molecule has 0 radical (unpaired) electrons. The Bertz CT molecular complexity index is 144. The molecule has 0 atom stereocenters. The molecule has 1 aliphatic carbocycles. The van der Waals surface area contributed by atoms with Crippen molar-refractivity contribution in [2.75, 3.05) is 13.2 Å². The van der Waals surface area contributed by atoms with Gasteiger partial charge >= 0.3 is 0 Å². The molecule has 1 saturated heterocycles. The molecule has 1 N–H and O–H groups in total. The van der Waals surface area contributed by atoms with Crippen molar-refractivity contribution in [1.82, 2.24) is 0 Å². The first-order valence-corrected chi connectivity index (χ1v) is 5.11. The molecule has 0 aromatic rings. The molecule has 0 bridgehead atoms. The third-order valence-corrected chi connectivity index (χ3v) is 3.47. The van der Waals surface area contributed by atoms with E-state index in [-0.39, 0.29) is 5.60 Å². The Morgan fingerprint density at radius 1 is 1.08 bits per heavy atom. The molecule has 2 rings (SSSR count). The first kappa shape index (κ1) is 8.52. The first-order chi connectivity index (χ1) is 5.81. The summed E-state index contributed by atoms with van der Waals surface area (Å²) >= 11 is 0. The molecule has 2 fully saturated rings. The topological polar surface area (TPSA) is 29.5 Å². The summed E-state index contributed by atoms with van der Waals surface area (Å²) in [6, 6.07) is 0. The van der Waals surface area contributed by atoms with Crippen LogP contribution in [-0.4, -0.2) is 23.9 Å². The fourth-order valence-electron chi connectivity index (χ4n) is 2.60. The van der Waals surface area contributed by atoms with E-state index in [0.717, 1.165) is 26.1 Å². The van der Waals surface area contributed by atoms with Crippen LogP contribution in [0, 0.1) is 5.92 Å². The minimum absolute atomic E-state index is 0.366. The van der Waals surface area contributed by atoms with Gasteiger partial charge in [0.15, 0.2) is 0 Å². The maximum Gasteiger partial charge on any atom is 0.0719 e. The summed E-state index contributed by atoms with van der Waals surface area (Å²) in [7, 11) is 0. The molecule has 0 unspecified atom stereocenters. The smallest absolute Gasteiger partial charge is 0.0719 e. The highest BCUT2D eigenvalue weighted by molar-refractivity contribution is 4.90. The number of rotatable bonds is 1. The van der Waals surface area contributed by atoms with Crippen LogP contribution in [0.5, 0.6) is 0 Å². The predicted molar refractivity (Wildman–Crippen MR) is 47.0 cm³/mol. The second-order valence-electron chi connectivity index (χ2n) is 4.20. The van der Waals surface area contributed by atoms with Crippen molar-refractivity contribution in [1.29, 1.82) is 0 Å². The van der Waals surface area contributed by atoms with Crippen molar-refractivity contribution in [2.45, 2.75) is 44.1 Å². The molecule has 1 aliphatic heterocycles. The SMILES string of the molecule is OC1(C2CCCC2)CCOCC1. The first-order valence-electron chi connectivity index (χ1n) is 5.11. The van der Waals surface area contributed by atoms with E-state index in [2.05, 4.69) is 0 Å². The van der Waals surface area contributed by atoms with Crippen molar-refractivity contribution in [3.8, 4) is 0 Å². The van der Waals surface area contributed by atoms with Gasteiger partial charge in [0, 0.05) is 13.2 Å². The molecule has 2 nitrogen and oxygen atoms in total. The highest BCUT2D eigenvalue weighted by atomic mass is 16.5.